The van der Waals surface area contributed by atoms with Crippen molar-refractivity contribution in [2.24, 2.45) is 0 Å². The number of hydrogen-bond donors (Lipinski definition) is 1. The molecule has 0 radical (unpaired) electrons. The lowest BCUT2D eigenvalue weighted by molar-refractivity contribution is -0.153. The van der Waals surface area contributed by atoms with Crippen LogP contribution in [-0.4, -0.2) is 19.3 Å². The Bertz CT molecular complexity index is 377. The summed E-state index contributed by atoms with van der Waals surface area (Å²) in [5.74, 6) is 0.232. The molecule has 5 heteroatoms. The predicted molar refractivity (Wildman–Crippen MR) is 64.5 cm³/mol. The molecule has 18 heavy (non-hydrogen) atoms. The highest BCUT2D eigenvalue weighted by Crippen LogP contribution is 2.19. The van der Waals surface area contributed by atoms with Gasteiger partial charge in [-0.05, 0) is 30.7 Å². The molecule has 1 aromatic carbocycles. The summed E-state index contributed by atoms with van der Waals surface area (Å²) >= 11 is 0. The Kier molecular flexibility index (Phi) is 5.71. The van der Waals surface area contributed by atoms with Gasteiger partial charge in [0.1, 0.15) is 5.75 Å². The summed E-state index contributed by atoms with van der Waals surface area (Å²) in [7, 11) is 0. The molecule has 0 heterocycles. The number of hydrogen-bond acceptors (Lipinski definition) is 2. The van der Waals surface area contributed by atoms with Crippen LogP contribution in [0.3, 0.4) is 0 Å². The van der Waals surface area contributed by atoms with Gasteiger partial charge in [0.2, 0.25) is 0 Å². The maximum atomic E-state index is 12.0. The normalized spacial score (nSPS) is 11.3. The number of alkyl halides is 3. The molecule has 0 spiro atoms. The van der Waals surface area contributed by atoms with Crippen LogP contribution in [0.15, 0.2) is 36.9 Å². The summed E-state index contributed by atoms with van der Waals surface area (Å²) < 4.78 is 40.6. The quantitative estimate of drug-likeness (QED) is 0.599. The van der Waals surface area contributed by atoms with E-state index in [0.717, 1.165) is 18.5 Å². The van der Waals surface area contributed by atoms with Crippen molar-refractivity contribution in [1.82, 2.24) is 5.32 Å². The average Bonchev–Trinajstić information content (AvgIpc) is 2.32. The van der Waals surface area contributed by atoms with Gasteiger partial charge in [0.05, 0.1) is 0 Å². The Morgan fingerprint density at radius 3 is 2.78 bits per heavy atom. The van der Waals surface area contributed by atoms with E-state index >= 15 is 0 Å². The Morgan fingerprint density at radius 1 is 1.33 bits per heavy atom. The molecule has 0 aliphatic heterocycles. The van der Waals surface area contributed by atoms with E-state index < -0.39 is 12.8 Å². The van der Waals surface area contributed by atoms with Crippen LogP contribution in [0.25, 0.3) is 0 Å². The zero-order valence-corrected chi connectivity index (χ0v) is 9.96. The number of halogens is 3. The van der Waals surface area contributed by atoms with Crippen LogP contribution in [0.5, 0.6) is 5.75 Å². The summed E-state index contributed by atoms with van der Waals surface area (Å²) in [4.78, 5) is 0. The molecule has 0 fully saturated rings. The zero-order chi connectivity index (χ0) is 13.4. The van der Waals surface area contributed by atoms with E-state index in [1.807, 2.05) is 6.07 Å². The first-order valence-electron chi connectivity index (χ1n) is 5.61. The lowest BCUT2D eigenvalue weighted by atomic mass is 10.2. The van der Waals surface area contributed by atoms with Crippen molar-refractivity contribution in [2.75, 3.05) is 13.2 Å². The minimum absolute atomic E-state index is 0.232. The minimum atomic E-state index is -4.31. The second kappa shape index (κ2) is 7.06. The van der Waals surface area contributed by atoms with Gasteiger partial charge < -0.3 is 10.1 Å². The molecule has 0 amide bonds. The topological polar surface area (TPSA) is 21.3 Å². The van der Waals surface area contributed by atoms with E-state index in [4.69, 9.17) is 0 Å². The van der Waals surface area contributed by atoms with Crippen LogP contribution in [-0.2, 0) is 6.54 Å². The molecular formula is C13H16F3NO. The molecule has 0 aliphatic carbocycles. The van der Waals surface area contributed by atoms with Crippen LogP contribution in [0.4, 0.5) is 13.2 Å². The molecule has 0 aromatic heterocycles. The van der Waals surface area contributed by atoms with Crippen LogP contribution < -0.4 is 10.1 Å². The largest absolute Gasteiger partial charge is 0.484 e. The molecule has 1 N–H and O–H groups in total. The van der Waals surface area contributed by atoms with Crippen LogP contribution in [0.2, 0.25) is 0 Å². The lowest BCUT2D eigenvalue weighted by Gasteiger charge is -2.10. The third kappa shape index (κ3) is 6.30. The second-order valence-corrected chi connectivity index (χ2v) is 3.81. The standard InChI is InChI=1S/C13H16F3NO/c1-2-3-7-17-9-11-5-4-6-12(8-11)18-10-13(14,15)16/h2,4-6,8,17H,1,3,7,9-10H2. The first kappa shape index (κ1) is 14.6. The number of benzene rings is 1. The molecule has 0 bridgehead atoms. The van der Waals surface area contributed by atoms with Crippen molar-refractivity contribution >= 4 is 0 Å². The van der Waals surface area contributed by atoms with Gasteiger partial charge >= 0.3 is 6.18 Å². The summed E-state index contributed by atoms with van der Waals surface area (Å²) in [5.41, 5.74) is 0.888. The Hall–Kier alpha value is -1.49. The van der Waals surface area contributed by atoms with Crippen molar-refractivity contribution in [1.29, 1.82) is 0 Å². The van der Waals surface area contributed by atoms with E-state index in [2.05, 4.69) is 16.6 Å². The second-order valence-electron chi connectivity index (χ2n) is 3.81. The summed E-state index contributed by atoms with van der Waals surface area (Å²) in [6.45, 7) is 3.72. The molecule has 1 aromatic rings. The highest BCUT2D eigenvalue weighted by molar-refractivity contribution is 5.28. The number of nitrogens with one attached hydrogen (secondary N) is 1. The monoisotopic (exact) mass is 259 g/mol. The van der Waals surface area contributed by atoms with Gasteiger partial charge in [-0.2, -0.15) is 13.2 Å². The third-order valence-corrected chi connectivity index (χ3v) is 2.16. The fraction of sp³-hybridized carbons (Fsp3) is 0.385. The van der Waals surface area contributed by atoms with E-state index in [9.17, 15) is 13.2 Å². The average molecular weight is 259 g/mol. The lowest BCUT2D eigenvalue weighted by Crippen LogP contribution is -2.19. The van der Waals surface area contributed by atoms with E-state index in [1.165, 1.54) is 6.07 Å². The summed E-state index contributed by atoms with van der Waals surface area (Å²) in [6.07, 6.45) is -1.65. The Morgan fingerprint density at radius 2 is 2.11 bits per heavy atom. The highest BCUT2D eigenvalue weighted by Gasteiger charge is 2.28. The first-order chi connectivity index (χ1) is 8.51. The van der Waals surface area contributed by atoms with Gasteiger partial charge in [-0.3, -0.25) is 0 Å². The molecule has 0 atom stereocenters. The van der Waals surface area contributed by atoms with Gasteiger partial charge in [0.15, 0.2) is 6.61 Å². The van der Waals surface area contributed by atoms with E-state index in [0.29, 0.717) is 6.54 Å². The maximum absolute atomic E-state index is 12.0. The SMILES string of the molecule is C=CCCNCc1cccc(OCC(F)(F)F)c1. The third-order valence-electron chi connectivity index (χ3n) is 2.16. The Balaban J connectivity index is 2.43. The number of ether oxygens (including phenoxy) is 1. The fourth-order valence-electron chi connectivity index (χ4n) is 1.35. The Labute approximate surface area is 104 Å². The predicted octanol–water partition coefficient (Wildman–Crippen LogP) is 3.29. The molecule has 0 saturated heterocycles. The van der Waals surface area contributed by atoms with Crippen molar-refractivity contribution in [3.8, 4) is 5.75 Å². The molecule has 1 rings (SSSR count). The van der Waals surface area contributed by atoms with Crippen LogP contribution in [0.1, 0.15) is 12.0 Å². The van der Waals surface area contributed by atoms with Crippen molar-refractivity contribution < 1.29 is 17.9 Å². The van der Waals surface area contributed by atoms with Crippen molar-refractivity contribution in [3.63, 3.8) is 0 Å². The van der Waals surface area contributed by atoms with Crippen molar-refractivity contribution in [2.45, 2.75) is 19.1 Å². The van der Waals surface area contributed by atoms with Crippen molar-refractivity contribution in [3.05, 3.63) is 42.5 Å². The van der Waals surface area contributed by atoms with Gasteiger partial charge in [0.25, 0.3) is 0 Å². The highest BCUT2D eigenvalue weighted by atomic mass is 19.4. The molecule has 2 nitrogen and oxygen atoms in total. The molecule has 0 unspecified atom stereocenters. The van der Waals surface area contributed by atoms with Crippen LogP contribution in [0, 0.1) is 0 Å². The van der Waals surface area contributed by atoms with Gasteiger partial charge in [-0.1, -0.05) is 18.2 Å². The van der Waals surface area contributed by atoms with Gasteiger partial charge in [-0.25, -0.2) is 0 Å². The van der Waals surface area contributed by atoms with E-state index in [1.54, 1.807) is 18.2 Å². The maximum Gasteiger partial charge on any atom is 0.422 e. The summed E-state index contributed by atoms with van der Waals surface area (Å²) in [6, 6.07) is 6.63. The molecule has 0 saturated carbocycles. The fourth-order valence-corrected chi connectivity index (χ4v) is 1.35. The van der Waals surface area contributed by atoms with Gasteiger partial charge in [-0.15, -0.1) is 6.58 Å². The first-order valence-corrected chi connectivity index (χ1v) is 5.61. The smallest absolute Gasteiger partial charge is 0.422 e. The minimum Gasteiger partial charge on any atom is -0.484 e. The molecule has 0 aliphatic rings. The zero-order valence-electron chi connectivity index (χ0n) is 9.96. The van der Waals surface area contributed by atoms with Gasteiger partial charge in [0, 0.05) is 6.54 Å². The van der Waals surface area contributed by atoms with Crippen LogP contribution >= 0.6 is 0 Å². The molecular weight excluding hydrogens is 243 g/mol. The molecule has 100 valence electrons. The summed E-state index contributed by atoms with van der Waals surface area (Å²) in [5, 5.41) is 3.15. The number of rotatable bonds is 7. The van der Waals surface area contributed by atoms with E-state index in [-0.39, 0.29) is 5.75 Å².